The lowest BCUT2D eigenvalue weighted by atomic mass is 9.82. The number of thiophene rings is 1. The van der Waals surface area contributed by atoms with E-state index in [9.17, 15) is 0 Å². The van der Waals surface area contributed by atoms with Gasteiger partial charge in [-0.2, -0.15) is 0 Å². The van der Waals surface area contributed by atoms with Crippen molar-refractivity contribution in [2.75, 3.05) is 20.1 Å². The molecule has 1 N–H and O–H groups in total. The molecule has 3 aliphatic heterocycles. The maximum absolute atomic E-state index is 6.05. The smallest absolute Gasteiger partial charge is 0.193 e. The predicted octanol–water partition coefficient (Wildman–Crippen LogP) is 2.24. The van der Waals surface area contributed by atoms with Gasteiger partial charge in [0.1, 0.15) is 0 Å². The van der Waals surface area contributed by atoms with Crippen LogP contribution in [0.15, 0.2) is 17.1 Å². The molecule has 4 atom stereocenters. The van der Waals surface area contributed by atoms with Crippen molar-refractivity contribution < 1.29 is 4.74 Å². The average Bonchev–Trinajstić information content (AvgIpc) is 3.20. The van der Waals surface area contributed by atoms with Crippen molar-refractivity contribution in [1.29, 1.82) is 0 Å². The number of fused-ring (bicyclic) bond motifs is 5. The van der Waals surface area contributed by atoms with E-state index in [0.29, 0.717) is 12.2 Å². The monoisotopic (exact) mass is 305 g/mol. The molecule has 0 radical (unpaired) electrons. The van der Waals surface area contributed by atoms with Crippen LogP contribution in [0.25, 0.3) is 0 Å². The van der Waals surface area contributed by atoms with Crippen LogP contribution in [0.3, 0.4) is 0 Å². The molecule has 3 aliphatic rings. The van der Waals surface area contributed by atoms with E-state index in [1.807, 2.05) is 18.4 Å². The zero-order chi connectivity index (χ0) is 14.4. The average molecular weight is 305 g/mol. The molecule has 0 aliphatic carbocycles. The van der Waals surface area contributed by atoms with E-state index in [1.165, 1.54) is 22.6 Å². The minimum Gasteiger partial charge on any atom is -0.374 e. The lowest BCUT2D eigenvalue weighted by Gasteiger charge is -2.23. The molecule has 1 aromatic rings. The van der Waals surface area contributed by atoms with Gasteiger partial charge in [0, 0.05) is 41.7 Å². The van der Waals surface area contributed by atoms with Crippen LogP contribution in [0.2, 0.25) is 0 Å². The molecule has 0 amide bonds. The summed E-state index contributed by atoms with van der Waals surface area (Å²) in [4.78, 5) is 9.66. The molecule has 4 unspecified atom stereocenters. The number of likely N-dealkylation sites (tertiary alicyclic amines) is 1. The third-order valence-electron chi connectivity index (χ3n) is 5.18. The summed E-state index contributed by atoms with van der Waals surface area (Å²) in [5.41, 5.74) is 0. The van der Waals surface area contributed by atoms with E-state index in [2.05, 4.69) is 34.3 Å². The Bertz CT molecular complexity index is 537. The summed E-state index contributed by atoms with van der Waals surface area (Å²) < 4.78 is 6.05. The second-order valence-electron chi connectivity index (χ2n) is 6.44. The highest BCUT2D eigenvalue weighted by Gasteiger charge is 2.53. The predicted molar refractivity (Wildman–Crippen MR) is 85.7 cm³/mol. The lowest BCUT2D eigenvalue weighted by molar-refractivity contribution is 0.0767. The number of rotatable bonds is 2. The number of hydrogen-bond donors (Lipinski definition) is 1. The topological polar surface area (TPSA) is 36.9 Å². The first-order valence-corrected chi connectivity index (χ1v) is 8.72. The van der Waals surface area contributed by atoms with Crippen LogP contribution in [-0.2, 0) is 11.3 Å². The molecule has 4 rings (SSSR count). The number of aliphatic imine (C=N–C) groups is 1. The normalized spacial score (nSPS) is 34.6. The van der Waals surface area contributed by atoms with Crippen molar-refractivity contribution in [2.24, 2.45) is 16.8 Å². The van der Waals surface area contributed by atoms with Crippen molar-refractivity contribution in [3.05, 3.63) is 21.9 Å². The number of ether oxygens (including phenoxy) is 1. The van der Waals surface area contributed by atoms with E-state index in [4.69, 9.17) is 4.74 Å². The molecule has 3 saturated heterocycles. The van der Waals surface area contributed by atoms with Gasteiger partial charge in [-0.1, -0.05) is 0 Å². The van der Waals surface area contributed by atoms with Crippen LogP contribution >= 0.6 is 11.3 Å². The van der Waals surface area contributed by atoms with Crippen LogP contribution in [0.5, 0.6) is 0 Å². The van der Waals surface area contributed by atoms with Crippen molar-refractivity contribution >= 4 is 17.3 Å². The van der Waals surface area contributed by atoms with Crippen LogP contribution < -0.4 is 5.32 Å². The summed E-state index contributed by atoms with van der Waals surface area (Å²) in [6, 6.07) is 4.38. The van der Waals surface area contributed by atoms with E-state index in [-0.39, 0.29) is 0 Å². The number of nitrogens with zero attached hydrogens (tertiary/aromatic N) is 2. The number of aryl methyl sites for hydroxylation is 1. The van der Waals surface area contributed by atoms with Gasteiger partial charge in [0.15, 0.2) is 5.96 Å². The third-order valence-corrected chi connectivity index (χ3v) is 6.18. The van der Waals surface area contributed by atoms with Gasteiger partial charge in [-0.3, -0.25) is 4.99 Å². The van der Waals surface area contributed by atoms with E-state index in [1.54, 1.807) is 0 Å². The molecule has 2 bridgehead atoms. The zero-order valence-corrected chi connectivity index (χ0v) is 13.5. The Morgan fingerprint density at radius 1 is 1.33 bits per heavy atom. The van der Waals surface area contributed by atoms with Gasteiger partial charge in [0.05, 0.1) is 18.8 Å². The van der Waals surface area contributed by atoms with E-state index < -0.39 is 0 Å². The van der Waals surface area contributed by atoms with Crippen LogP contribution in [0, 0.1) is 18.8 Å². The highest BCUT2D eigenvalue weighted by Crippen LogP contribution is 2.47. The third kappa shape index (κ3) is 2.36. The van der Waals surface area contributed by atoms with Gasteiger partial charge in [-0.25, -0.2) is 0 Å². The standard InChI is InChI=1S/C16H23N3OS/c1-10-3-4-11(21-10)7-18-16(17-2)19-8-12-13(9-19)15-6-5-14(12)20-15/h3-4,12-15H,5-9H2,1-2H3,(H,17,18). The molecule has 5 heteroatoms. The molecule has 0 saturated carbocycles. The number of nitrogens with one attached hydrogen (secondary N) is 1. The fraction of sp³-hybridized carbons (Fsp3) is 0.688. The molecule has 4 heterocycles. The first-order chi connectivity index (χ1) is 10.2. The Balaban J connectivity index is 1.39. The largest absolute Gasteiger partial charge is 0.374 e. The summed E-state index contributed by atoms with van der Waals surface area (Å²) >= 11 is 1.85. The quantitative estimate of drug-likeness (QED) is 0.672. The second kappa shape index (κ2) is 5.29. The van der Waals surface area contributed by atoms with Gasteiger partial charge in [-0.15, -0.1) is 11.3 Å². The Kier molecular flexibility index (Phi) is 3.42. The molecule has 0 spiro atoms. The highest BCUT2D eigenvalue weighted by atomic mass is 32.1. The summed E-state index contributed by atoms with van der Waals surface area (Å²) in [7, 11) is 1.89. The van der Waals surface area contributed by atoms with Crippen molar-refractivity contribution in [2.45, 2.75) is 38.5 Å². The summed E-state index contributed by atoms with van der Waals surface area (Å²) in [5.74, 6) is 2.51. The maximum Gasteiger partial charge on any atom is 0.193 e. The summed E-state index contributed by atoms with van der Waals surface area (Å²) in [5, 5.41) is 3.53. The number of hydrogen-bond acceptors (Lipinski definition) is 3. The minimum absolute atomic E-state index is 0.517. The summed E-state index contributed by atoms with van der Waals surface area (Å²) in [6.07, 6.45) is 3.56. The molecule has 0 aromatic carbocycles. The zero-order valence-electron chi connectivity index (χ0n) is 12.7. The SMILES string of the molecule is CN=C(NCc1ccc(C)s1)N1CC2C3CCC(O3)C2C1. The Hall–Kier alpha value is -1.07. The molecule has 114 valence electrons. The Labute approximate surface area is 130 Å². The molecule has 21 heavy (non-hydrogen) atoms. The van der Waals surface area contributed by atoms with Gasteiger partial charge in [-0.05, 0) is 31.9 Å². The van der Waals surface area contributed by atoms with E-state index >= 15 is 0 Å². The second-order valence-corrected chi connectivity index (χ2v) is 7.81. The summed E-state index contributed by atoms with van der Waals surface area (Å²) in [6.45, 7) is 5.24. The first-order valence-electron chi connectivity index (χ1n) is 7.91. The van der Waals surface area contributed by atoms with Crippen LogP contribution in [-0.4, -0.2) is 43.2 Å². The Morgan fingerprint density at radius 3 is 2.62 bits per heavy atom. The molecular formula is C16H23N3OS. The van der Waals surface area contributed by atoms with E-state index in [0.717, 1.165) is 37.4 Å². The fourth-order valence-corrected chi connectivity index (χ4v) is 5.04. The van der Waals surface area contributed by atoms with Gasteiger partial charge < -0.3 is 15.0 Å². The number of guanidine groups is 1. The highest BCUT2D eigenvalue weighted by molar-refractivity contribution is 7.11. The van der Waals surface area contributed by atoms with Gasteiger partial charge in [0.25, 0.3) is 0 Å². The van der Waals surface area contributed by atoms with Crippen molar-refractivity contribution in [1.82, 2.24) is 10.2 Å². The lowest BCUT2D eigenvalue weighted by Crippen LogP contribution is -2.40. The van der Waals surface area contributed by atoms with Gasteiger partial charge in [0.2, 0.25) is 0 Å². The molecule has 1 aromatic heterocycles. The fourth-order valence-electron chi connectivity index (χ4n) is 4.21. The van der Waals surface area contributed by atoms with Crippen LogP contribution in [0.1, 0.15) is 22.6 Å². The minimum atomic E-state index is 0.517. The molecule has 3 fully saturated rings. The van der Waals surface area contributed by atoms with Crippen molar-refractivity contribution in [3.63, 3.8) is 0 Å². The van der Waals surface area contributed by atoms with Crippen molar-refractivity contribution in [3.8, 4) is 0 Å². The molecule has 4 nitrogen and oxygen atoms in total. The first kappa shape index (κ1) is 13.6. The van der Waals surface area contributed by atoms with Gasteiger partial charge >= 0.3 is 0 Å². The van der Waals surface area contributed by atoms with Crippen LogP contribution in [0.4, 0.5) is 0 Å². The Morgan fingerprint density at radius 2 is 2.05 bits per heavy atom. The maximum atomic E-state index is 6.05. The molecular weight excluding hydrogens is 282 g/mol.